The molecule has 1 aliphatic carbocycles. The molecule has 0 aliphatic heterocycles. The fourth-order valence-corrected chi connectivity index (χ4v) is 2.88. The third-order valence-electron chi connectivity index (χ3n) is 4.39. The van der Waals surface area contributed by atoms with Gasteiger partial charge in [-0.25, -0.2) is 18.9 Å². The van der Waals surface area contributed by atoms with Crippen molar-refractivity contribution >= 4 is 17.4 Å². The highest BCUT2D eigenvalue weighted by Crippen LogP contribution is 2.43. The van der Waals surface area contributed by atoms with Crippen LogP contribution in [0.25, 0.3) is 17.0 Å². The Morgan fingerprint density at radius 1 is 1.36 bits per heavy atom. The summed E-state index contributed by atoms with van der Waals surface area (Å²) in [6, 6.07) is 2.84. The monoisotopic (exact) mass is 386 g/mol. The van der Waals surface area contributed by atoms with Crippen molar-refractivity contribution in [3.05, 3.63) is 35.4 Å². The highest BCUT2D eigenvalue weighted by Gasteiger charge is 2.30. The number of imidazole rings is 1. The Morgan fingerprint density at radius 3 is 2.68 bits per heavy atom. The molecular formula is C19H23FN6O2. The number of hydrogen-bond acceptors (Lipinski definition) is 6. The number of halogens is 1. The molecule has 148 valence electrons. The zero-order chi connectivity index (χ0) is 20.4. The van der Waals surface area contributed by atoms with E-state index in [0.29, 0.717) is 23.0 Å². The summed E-state index contributed by atoms with van der Waals surface area (Å²) in [5.41, 5.74) is 7.50. The number of carbonyl (C=O) groups excluding carboxylic acids is 1. The molecule has 3 aromatic heterocycles. The van der Waals surface area contributed by atoms with Crippen molar-refractivity contribution in [3.63, 3.8) is 0 Å². The molecule has 0 spiro atoms. The minimum absolute atomic E-state index is 0.0120. The Balaban J connectivity index is 0.00000109. The summed E-state index contributed by atoms with van der Waals surface area (Å²) in [5, 5.41) is 6.99. The van der Waals surface area contributed by atoms with E-state index in [0.717, 1.165) is 24.6 Å². The van der Waals surface area contributed by atoms with Gasteiger partial charge in [0.2, 0.25) is 0 Å². The van der Waals surface area contributed by atoms with Crippen molar-refractivity contribution in [1.29, 1.82) is 0 Å². The van der Waals surface area contributed by atoms with Crippen LogP contribution in [0.1, 0.15) is 48.7 Å². The van der Waals surface area contributed by atoms with Crippen molar-refractivity contribution in [1.82, 2.24) is 24.9 Å². The van der Waals surface area contributed by atoms with Crippen LogP contribution in [0.4, 0.5) is 10.2 Å². The minimum Gasteiger partial charge on any atom is -0.495 e. The summed E-state index contributed by atoms with van der Waals surface area (Å²) in [6.45, 7) is 4.00. The number of amides is 1. The van der Waals surface area contributed by atoms with Gasteiger partial charge in [0.15, 0.2) is 11.5 Å². The third kappa shape index (κ3) is 3.35. The first-order chi connectivity index (χ1) is 13.5. The van der Waals surface area contributed by atoms with Gasteiger partial charge in [-0.3, -0.25) is 4.79 Å². The van der Waals surface area contributed by atoms with Crippen molar-refractivity contribution in [2.75, 3.05) is 19.9 Å². The first kappa shape index (κ1) is 19.5. The second-order valence-electron chi connectivity index (χ2n) is 6.12. The predicted molar refractivity (Wildman–Crippen MR) is 104 cm³/mol. The molecule has 4 rings (SSSR count). The van der Waals surface area contributed by atoms with Crippen molar-refractivity contribution in [2.45, 2.75) is 32.6 Å². The molecular weight excluding hydrogens is 363 g/mol. The number of fused-ring (bicyclic) bond motifs is 1. The van der Waals surface area contributed by atoms with Crippen LogP contribution in [-0.4, -0.2) is 39.6 Å². The molecule has 0 saturated heterocycles. The molecule has 0 aromatic carbocycles. The van der Waals surface area contributed by atoms with E-state index in [2.05, 4.69) is 20.4 Å². The summed E-state index contributed by atoms with van der Waals surface area (Å²) < 4.78 is 21.6. The number of nitrogens with two attached hydrogens (primary N) is 1. The number of hydrogen-bond donors (Lipinski definition) is 2. The maximum atomic E-state index is 14.6. The molecule has 1 fully saturated rings. The molecule has 0 radical (unpaired) electrons. The van der Waals surface area contributed by atoms with Gasteiger partial charge in [0.05, 0.1) is 18.9 Å². The molecule has 1 saturated carbocycles. The molecule has 28 heavy (non-hydrogen) atoms. The number of nitrogens with zero attached hydrogens (tertiary/aromatic N) is 4. The molecule has 3 N–H and O–H groups in total. The van der Waals surface area contributed by atoms with Gasteiger partial charge in [0.1, 0.15) is 28.6 Å². The molecule has 0 atom stereocenters. The van der Waals surface area contributed by atoms with E-state index in [1.54, 1.807) is 13.2 Å². The second-order valence-corrected chi connectivity index (χ2v) is 6.12. The number of rotatable bonds is 4. The molecule has 1 amide bonds. The van der Waals surface area contributed by atoms with Crippen LogP contribution in [0.5, 0.6) is 5.75 Å². The standard InChI is InChI=1S/C17H17FN6O2.C2H6/c1-20-17(25)9-5-10(18)15(22-16(9)19)11-7-21-13-6-12(26-2)14(8-3-4-8)23-24(11)13;1-2/h5-8H,3-4H2,1-2H3,(H2,19,22)(H,20,25);1-2H3. The van der Waals surface area contributed by atoms with Gasteiger partial charge in [-0.15, -0.1) is 0 Å². The first-order valence-corrected chi connectivity index (χ1v) is 9.14. The average Bonchev–Trinajstić information content (AvgIpc) is 3.49. The van der Waals surface area contributed by atoms with E-state index in [1.165, 1.54) is 17.8 Å². The lowest BCUT2D eigenvalue weighted by Gasteiger charge is -2.10. The fourth-order valence-electron chi connectivity index (χ4n) is 2.88. The van der Waals surface area contributed by atoms with E-state index in [9.17, 15) is 9.18 Å². The Morgan fingerprint density at radius 2 is 2.07 bits per heavy atom. The van der Waals surface area contributed by atoms with Crippen LogP contribution in [-0.2, 0) is 0 Å². The van der Waals surface area contributed by atoms with Crippen molar-refractivity contribution in [3.8, 4) is 17.1 Å². The Labute approximate surface area is 161 Å². The lowest BCUT2D eigenvalue weighted by atomic mass is 10.2. The average molecular weight is 386 g/mol. The van der Waals surface area contributed by atoms with E-state index in [-0.39, 0.29) is 17.1 Å². The van der Waals surface area contributed by atoms with Crippen LogP contribution in [0, 0.1) is 5.82 Å². The fraction of sp³-hybridized carbons (Fsp3) is 0.368. The summed E-state index contributed by atoms with van der Waals surface area (Å²) in [4.78, 5) is 20.1. The van der Waals surface area contributed by atoms with E-state index >= 15 is 0 Å². The number of pyridine rings is 1. The molecule has 3 aromatic rings. The van der Waals surface area contributed by atoms with Gasteiger partial charge in [-0.05, 0) is 18.9 Å². The number of aromatic nitrogens is 4. The predicted octanol–water partition coefficient (Wildman–Crippen LogP) is 2.78. The molecule has 1 aliphatic rings. The summed E-state index contributed by atoms with van der Waals surface area (Å²) >= 11 is 0. The highest BCUT2D eigenvalue weighted by molar-refractivity contribution is 5.98. The lowest BCUT2D eigenvalue weighted by Crippen LogP contribution is -2.20. The normalized spacial score (nSPS) is 13.0. The summed E-state index contributed by atoms with van der Waals surface area (Å²) in [5.74, 6) is -0.238. The van der Waals surface area contributed by atoms with E-state index < -0.39 is 11.7 Å². The Kier molecular flexibility index (Phi) is 5.43. The van der Waals surface area contributed by atoms with Gasteiger partial charge in [-0.2, -0.15) is 5.10 Å². The number of carbonyl (C=O) groups is 1. The van der Waals surface area contributed by atoms with Crippen LogP contribution in [0.3, 0.4) is 0 Å². The van der Waals surface area contributed by atoms with Crippen LogP contribution < -0.4 is 15.8 Å². The van der Waals surface area contributed by atoms with Gasteiger partial charge in [0, 0.05) is 19.0 Å². The topological polar surface area (TPSA) is 107 Å². The zero-order valence-electron chi connectivity index (χ0n) is 16.3. The maximum absolute atomic E-state index is 14.6. The van der Waals surface area contributed by atoms with Gasteiger partial charge >= 0.3 is 0 Å². The quantitative estimate of drug-likeness (QED) is 0.714. The SMILES string of the molecule is CC.CNC(=O)c1cc(F)c(-c2cnc3cc(OC)c(C4CC4)nn23)nc1N. The summed E-state index contributed by atoms with van der Waals surface area (Å²) in [6.07, 6.45) is 3.56. The zero-order valence-corrected chi connectivity index (χ0v) is 16.3. The van der Waals surface area contributed by atoms with Crippen LogP contribution in [0.15, 0.2) is 18.3 Å². The van der Waals surface area contributed by atoms with Gasteiger partial charge in [0.25, 0.3) is 5.91 Å². The van der Waals surface area contributed by atoms with E-state index in [4.69, 9.17) is 10.5 Å². The highest BCUT2D eigenvalue weighted by atomic mass is 19.1. The Bertz CT molecular complexity index is 1030. The largest absolute Gasteiger partial charge is 0.495 e. The van der Waals surface area contributed by atoms with Crippen LogP contribution in [0.2, 0.25) is 0 Å². The molecule has 8 nitrogen and oxygen atoms in total. The summed E-state index contributed by atoms with van der Waals surface area (Å²) in [7, 11) is 3.03. The molecule has 3 heterocycles. The van der Waals surface area contributed by atoms with E-state index in [1.807, 2.05) is 13.8 Å². The van der Waals surface area contributed by atoms with Crippen molar-refractivity contribution < 1.29 is 13.9 Å². The first-order valence-electron chi connectivity index (χ1n) is 9.14. The minimum atomic E-state index is -0.676. The molecule has 0 unspecified atom stereocenters. The maximum Gasteiger partial charge on any atom is 0.254 e. The number of ether oxygens (including phenoxy) is 1. The number of nitrogens with one attached hydrogen (secondary N) is 1. The third-order valence-corrected chi connectivity index (χ3v) is 4.39. The van der Waals surface area contributed by atoms with Crippen molar-refractivity contribution in [2.24, 2.45) is 0 Å². The smallest absolute Gasteiger partial charge is 0.254 e. The van der Waals surface area contributed by atoms with Crippen LogP contribution >= 0.6 is 0 Å². The molecule has 0 bridgehead atoms. The molecule has 9 heteroatoms. The van der Waals surface area contributed by atoms with Gasteiger partial charge < -0.3 is 15.8 Å². The lowest BCUT2D eigenvalue weighted by molar-refractivity contribution is 0.0963. The van der Waals surface area contributed by atoms with Gasteiger partial charge in [-0.1, -0.05) is 13.8 Å². The number of anilines is 1. The second kappa shape index (κ2) is 7.79. The number of methoxy groups -OCH3 is 1. The number of nitrogen functional groups attached to an aromatic ring is 1. The Hall–Kier alpha value is -3.23.